The third-order valence-electron chi connectivity index (χ3n) is 6.83. The molecule has 1 saturated heterocycles. The molecule has 33 heavy (non-hydrogen) atoms. The van der Waals surface area contributed by atoms with Gasteiger partial charge in [-0.1, -0.05) is 31.5 Å². The van der Waals surface area contributed by atoms with Crippen molar-refractivity contribution in [2.45, 2.75) is 45.4 Å². The Morgan fingerprint density at radius 2 is 1.58 bits per heavy atom. The summed E-state index contributed by atoms with van der Waals surface area (Å²) in [5.74, 6) is -0.209. The summed E-state index contributed by atoms with van der Waals surface area (Å²) in [5.41, 5.74) is 5.76. The van der Waals surface area contributed by atoms with Crippen molar-refractivity contribution >= 4 is 23.4 Å². The predicted molar refractivity (Wildman–Crippen MR) is 132 cm³/mol. The molecule has 176 valence electrons. The molecule has 2 aromatic rings. The number of hydrogen-bond donors (Lipinski definition) is 0. The molecule has 2 aliphatic heterocycles. The van der Waals surface area contributed by atoms with Gasteiger partial charge in [0.05, 0.1) is 7.11 Å². The second kappa shape index (κ2) is 10.8. The van der Waals surface area contributed by atoms with Crippen LogP contribution in [0.3, 0.4) is 0 Å². The van der Waals surface area contributed by atoms with Crippen LogP contribution in [0.2, 0.25) is 0 Å². The van der Waals surface area contributed by atoms with E-state index in [0.717, 1.165) is 42.9 Å². The van der Waals surface area contributed by atoms with Crippen LogP contribution in [0, 0.1) is 0 Å². The van der Waals surface area contributed by atoms with E-state index in [9.17, 15) is 9.59 Å². The molecule has 2 amide bonds. The minimum Gasteiger partial charge on any atom is -0.469 e. The Morgan fingerprint density at radius 1 is 0.909 bits per heavy atom. The molecule has 0 radical (unpaired) electrons. The summed E-state index contributed by atoms with van der Waals surface area (Å²) in [5, 5.41) is 0. The first-order chi connectivity index (χ1) is 16.1. The lowest BCUT2D eigenvalue weighted by atomic mass is 10.0. The number of methoxy groups -OCH3 is 1. The number of fused-ring (bicyclic) bond motifs is 1. The highest BCUT2D eigenvalue weighted by Gasteiger charge is 2.31. The molecular weight excluding hydrogens is 414 g/mol. The highest BCUT2D eigenvalue weighted by molar-refractivity contribution is 6.06. The number of carbonyl (C=O) groups is 2. The third-order valence-corrected chi connectivity index (χ3v) is 6.83. The van der Waals surface area contributed by atoms with Gasteiger partial charge in [0.15, 0.2) is 0 Å². The van der Waals surface area contributed by atoms with Gasteiger partial charge in [0, 0.05) is 44.0 Å². The first-order valence-electron chi connectivity index (χ1n) is 12.2. The summed E-state index contributed by atoms with van der Waals surface area (Å²) >= 11 is 0. The second-order valence-electron chi connectivity index (χ2n) is 8.98. The van der Waals surface area contributed by atoms with Gasteiger partial charge in [-0.05, 0) is 73.2 Å². The molecule has 6 heteroatoms. The molecule has 0 atom stereocenters. The van der Waals surface area contributed by atoms with Crippen molar-refractivity contribution < 1.29 is 14.3 Å². The largest absolute Gasteiger partial charge is 0.469 e. The van der Waals surface area contributed by atoms with Gasteiger partial charge < -0.3 is 9.64 Å². The van der Waals surface area contributed by atoms with Crippen molar-refractivity contribution in [3.8, 4) is 0 Å². The number of esters is 1. The summed E-state index contributed by atoms with van der Waals surface area (Å²) in [4.78, 5) is 30.9. The number of anilines is 2. The zero-order chi connectivity index (χ0) is 23.2. The molecule has 0 bridgehead atoms. The molecule has 4 rings (SSSR count). The number of urea groups is 1. The van der Waals surface area contributed by atoms with E-state index in [0.29, 0.717) is 25.9 Å². The standard InChI is InChI=1S/C27H35N3O3/c1-3-4-15-28-16-13-22-8-11-25(20-23(22)14-17-28)30-19-18-29(27(30)32)24-9-5-21(6-10-24)7-12-26(31)33-2/h5-6,8-11,20H,3-4,7,12-19H2,1-2H3. The number of unbranched alkanes of at least 4 members (excludes halogenated alkanes) is 1. The highest BCUT2D eigenvalue weighted by atomic mass is 16.5. The summed E-state index contributed by atoms with van der Waals surface area (Å²) in [6.45, 7) is 7.00. The lowest BCUT2D eigenvalue weighted by molar-refractivity contribution is -0.140. The maximum absolute atomic E-state index is 13.2. The predicted octanol–water partition coefficient (Wildman–Crippen LogP) is 4.44. The first-order valence-corrected chi connectivity index (χ1v) is 12.2. The fourth-order valence-corrected chi connectivity index (χ4v) is 4.74. The Morgan fingerprint density at radius 3 is 2.27 bits per heavy atom. The van der Waals surface area contributed by atoms with Gasteiger partial charge in [0.2, 0.25) is 0 Å². The Labute approximate surface area is 197 Å². The van der Waals surface area contributed by atoms with Crippen molar-refractivity contribution in [3.05, 3.63) is 59.2 Å². The van der Waals surface area contributed by atoms with E-state index in [2.05, 4.69) is 30.0 Å². The minimum atomic E-state index is -0.209. The molecule has 2 heterocycles. The molecule has 1 fully saturated rings. The lowest BCUT2D eigenvalue weighted by Gasteiger charge is -2.20. The Bertz CT molecular complexity index is 973. The number of aryl methyl sites for hydroxylation is 1. The molecule has 0 unspecified atom stereocenters. The average Bonchev–Trinajstić information content (AvgIpc) is 3.11. The van der Waals surface area contributed by atoms with E-state index in [1.165, 1.54) is 37.6 Å². The van der Waals surface area contributed by atoms with Gasteiger partial charge in [-0.15, -0.1) is 0 Å². The van der Waals surface area contributed by atoms with Gasteiger partial charge >= 0.3 is 12.0 Å². The number of carbonyl (C=O) groups excluding carboxylic acids is 2. The smallest absolute Gasteiger partial charge is 0.329 e. The molecule has 0 N–H and O–H groups in total. The number of ether oxygens (including phenoxy) is 1. The van der Waals surface area contributed by atoms with Gasteiger partial charge in [-0.2, -0.15) is 0 Å². The maximum Gasteiger partial charge on any atom is 0.329 e. The number of hydrogen-bond acceptors (Lipinski definition) is 4. The van der Waals surface area contributed by atoms with Crippen molar-refractivity contribution in [2.24, 2.45) is 0 Å². The maximum atomic E-state index is 13.2. The van der Waals surface area contributed by atoms with Gasteiger partial charge in [-0.25, -0.2) is 4.79 Å². The van der Waals surface area contributed by atoms with E-state index in [4.69, 9.17) is 4.74 Å². The first kappa shape index (κ1) is 23.3. The van der Waals surface area contributed by atoms with Crippen LogP contribution in [0.25, 0.3) is 0 Å². The van der Waals surface area contributed by atoms with E-state index in [1.54, 1.807) is 0 Å². The molecule has 6 nitrogen and oxygen atoms in total. The zero-order valence-corrected chi connectivity index (χ0v) is 19.9. The minimum absolute atomic E-state index is 0.0236. The summed E-state index contributed by atoms with van der Waals surface area (Å²) in [6, 6.07) is 14.5. The molecule has 0 aliphatic carbocycles. The summed E-state index contributed by atoms with van der Waals surface area (Å²) in [6.07, 6.45) is 5.62. The van der Waals surface area contributed by atoms with Crippen LogP contribution in [0.5, 0.6) is 0 Å². The van der Waals surface area contributed by atoms with E-state index >= 15 is 0 Å². The Balaban J connectivity index is 1.40. The number of rotatable bonds is 8. The SMILES string of the molecule is CCCCN1CCc2ccc(N3CCN(c4ccc(CCC(=O)OC)cc4)C3=O)cc2CC1. The highest BCUT2D eigenvalue weighted by Crippen LogP contribution is 2.28. The van der Waals surface area contributed by atoms with Gasteiger partial charge in [-0.3, -0.25) is 14.6 Å². The average molecular weight is 450 g/mol. The van der Waals surface area contributed by atoms with Crippen LogP contribution in [-0.2, 0) is 28.8 Å². The Hall–Kier alpha value is -2.86. The van der Waals surface area contributed by atoms with Crippen LogP contribution < -0.4 is 9.80 Å². The number of benzene rings is 2. The molecule has 0 aromatic heterocycles. The molecule has 0 spiro atoms. The third kappa shape index (κ3) is 5.56. The fourth-order valence-electron chi connectivity index (χ4n) is 4.74. The monoisotopic (exact) mass is 449 g/mol. The summed E-state index contributed by atoms with van der Waals surface area (Å²) in [7, 11) is 1.41. The van der Waals surface area contributed by atoms with E-state index < -0.39 is 0 Å². The van der Waals surface area contributed by atoms with Crippen LogP contribution in [-0.4, -0.2) is 56.7 Å². The van der Waals surface area contributed by atoms with Crippen molar-refractivity contribution in [1.29, 1.82) is 0 Å². The van der Waals surface area contributed by atoms with Gasteiger partial charge in [0.25, 0.3) is 0 Å². The topological polar surface area (TPSA) is 53.1 Å². The second-order valence-corrected chi connectivity index (χ2v) is 8.98. The van der Waals surface area contributed by atoms with Crippen LogP contribution in [0.15, 0.2) is 42.5 Å². The van der Waals surface area contributed by atoms with Crippen molar-refractivity contribution in [2.75, 3.05) is 49.6 Å². The number of nitrogens with zero attached hydrogens (tertiary/aromatic N) is 3. The molecule has 2 aliphatic rings. The Kier molecular flexibility index (Phi) is 7.65. The summed E-state index contributed by atoms with van der Waals surface area (Å²) < 4.78 is 4.71. The normalized spacial score (nSPS) is 16.6. The van der Waals surface area contributed by atoms with Crippen molar-refractivity contribution in [3.63, 3.8) is 0 Å². The number of amides is 2. The lowest BCUT2D eigenvalue weighted by Crippen LogP contribution is -2.31. The van der Waals surface area contributed by atoms with E-state index in [1.807, 2.05) is 34.1 Å². The van der Waals surface area contributed by atoms with Crippen LogP contribution >= 0.6 is 0 Å². The molecule has 0 saturated carbocycles. The molecule has 2 aromatic carbocycles. The molecular formula is C27H35N3O3. The van der Waals surface area contributed by atoms with Crippen molar-refractivity contribution in [1.82, 2.24) is 4.90 Å². The van der Waals surface area contributed by atoms with Gasteiger partial charge in [0.1, 0.15) is 0 Å². The zero-order valence-electron chi connectivity index (χ0n) is 19.9. The fraction of sp³-hybridized carbons (Fsp3) is 0.481. The van der Waals surface area contributed by atoms with Crippen LogP contribution in [0.1, 0.15) is 42.9 Å². The van der Waals surface area contributed by atoms with Crippen LogP contribution in [0.4, 0.5) is 16.2 Å². The van der Waals surface area contributed by atoms with E-state index in [-0.39, 0.29) is 12.0 Å². The quantitative estimate of drug-likeness (QED) is 0.559.